The number of imidazole rings is 1. The summed E-state index contributed by atoms with van der Waals surface area (Å²) < 4.78 is 1.65. The van der Waals surface area contributed by atoms with Gasteiger partial charge in [0.15, 0.2) is 36.4 Å². The number of pyridine rings is 1. The van der Waals surface area contributed by atoms with Crippen LogP contribution in [0.2, 0.25) is 0 Å². The molecule has 0 radical (unpaired) electrons. The van der Waals surface area contributed by atoms with Gasteiger partial charge in [-0.1, -0.05) is 5.16 Å². The van der Waals surface area contributed by atoms with E-state index in [4.69, 9.17) is 16.3 Å². The summed E-state index contributed by atoms with van der Waals surface area (Å²) in [5, 5.41) is 19.7. The van der Waals surface area contributed by atoms with Crippen LogP contribution in [0.3, 0.4) is 0 Å². The second kappa shape index (κ2) is 11.1. The minimum absolute atomic E-state index is 0.00315. The highest BCUT2D eigenvalue weighted by atomic mass is 32.2. The number of H-pyrrole nitrogens is 1. The van der Waals surface area contributed by atoms with E-state index in [-0.39, 0.29) is 41.1 Å². The molecule has 2 atom stereocenters. The number of nitrogens with two attached hydrogens (primary N) is 2. The summed E-state index contributed by atoms with van der Waals surface area (Å²) in [4.78, 5) is 66.9. The molecule has 0 saturated carbocycles. The van der Waals surface area contributed by atoms with Gasteiger partial charge < -0.3 is 36.5 Å². The van der Waals surface area contributed by atoms with Crippen molar-refractivity contribution < 1.29 is 33.7 Å². The number of aromatic amines is 1. The maximum absolute atomic E-state index is 13.2. The topological polar surface area (TPSA) is 226 Å². The van der Waals surface area contributed by atoms with Gasteiger partial charge in [-0.2, -0.15) is 0 Å². The molecule has 6 N–H and O–H groups in total. The van der Waals surface area contributed by atoms with Gasteiger partial charge in [-0.3, -0.25) is 19.3 Å². The van der Waals surface area contributed by atoms with Crippen LogP contribution in [0.1, 0.15) is 21.7 Å². The molecule has 2 aliphatic heterocycles. The number of hydrogen-bond acceptors (Lipinski definition) is 12. The van der Waals surface area contributed by atoms with Crippen molar-refractivity contribution in [3.63, 3.8) is 0 Å². The van der Waals surface area contributed by atoms with Gasteiger partial charge in [0, 0.05) is 28.8 Å². The van der Waals surface area contributed by atoms with E-state index in [1.54, 1.807) is 17.0 Å². The van der Waals surface area contributed by atoms with E-state index in [0.717, 1.165) is 16.2 Å². The lowest BCUT2D eigenvalue weighted by atomic mass is 10.0. The van der Waals surface area contributed by atoms with Crippen molar-refractivity contribution in [1.82, 2.24) is 25.2 Å². The summed E-state index contributed by atoms with van der Waals surface area (Å²) in [7, 11) is 0. The number of primary amides is 1. The van der Waals surface area contributed by atoms with Gasteiger partial charge in [-0.25, -0.2) is 14.5 Å². The number of thioether (sulfide) groups is 1. The SMILES string of the molecule is NC(=O)c1cc[n+](CC2=C(C(=O)[O-])N3C(=O)[C@@H](NC(=O)C(=NOCc4cnc[nH]4)c4csc(N)n4)[C@H]3SC2)cc1. The van der Waals surface area contributed by atoms with Crippen molar-refractivity contribution in [3.05, 3.63) is 70.7 Å². The van der Waals surface area contributed by atoms with E-state index in [1.807, 2.05) is 0 Å². The number of aliphatic carboxylic acids is 1. The lowest BCUT2D eigenvalue weighted by molar-refractivity contribution is -0.689. The molecule has 0 unspecified atom stereocenters. The zero-order valence-electron chi connectivity index (χ0n) is 20.5. The van der Waals surface area contributed by atoms with Gasteiger partial charge in [-0.05, 0) is 0 Å². The number of thiazole rings is 1. The quantitative estimate of drug-likeness (QED) is 0.0876. The maximum Gasteiger partial charge on any atom is 0.276 e. The van der Waals surface area contributed by atoms with E-state index >= 15 is 0 Å². The Kier molecular flexibility index (Phi) is 7.47. The van der Waals surface area contributed by atoms with Crippen LogP contribution >= 0.6 is 23.1 Å². The van der Waals surface area contributed by atoms with E-state index < -0.39 is 35.1 Å². The number of carboxylic acid groups (broad SMARTS) is 1. The fraction of sp³-hybridized carbons (Fsp3) is 0.217. The molecule has 206 valence electrons. The lowest BCUT2D eigenvalue weighted by Gasteiger charge is -2.50. The zero-order valence-corrected chi connectivity index (χ0v) is 22.1. The normalized spacial score (nSPS) is 18.6. The highest BCUT2D eigenvalue weighted by Gasteiger charge is 2.53. The van der Waals surface area contributed by atoms with Crippen LogP contribution in [0.25, 0.3) is 0 Å². The Bertz CT molecular complexity index is 1530. The van der Waals surface area contributed by atoms with Crippen LogP contribution in [-0.2, 0) is 32.4 Å². The van der Waals surface area contributed by atoms with Crippen LogP contribution in [0.5, 0.6) is 0 Å². The first-order valence-corrected chi connectivity index (χ1v) is 13.5. The van der Waals surface area contributed by atoms with E-state index in [0.29, 0.717) is 16.8 Å². The third-order valence-electron chi connectivity index (χ3n) is 5.99. The van der Waals surface area contributed by atoms with Crippen molar-refractivity contribution in [1.29, 1.82) is 0 Å². The number of amides is 3. The molecule has 3 aromatic heterocycles. The Hall–Kier alpha value is -4.77. The molecule has 15 nitrogen and oxygen atoms in total. The summed E-state index contributed by atoms with van der Waals surface area (Å²) in [6, 6.07) is 1.99. The summed E-state index contributed by atoms with van der Waals surface area (Å²) in [5.74, 6) is -3.21. The molecule has 0 bridgehead atoms. The molecular formula is C23H21N9O6S2. The molecule has 3 aromatic rings. The first-order chi connectivity index (χ1) is 19.2. The number of rotatable bonds is 10. The highest BCUT2D eigenvalue weighted by Crippen LogP contribution is 2.40. The number of fused-ring (bicyclic) bond motifs is 1. The van der Waals surface area contributed by atoms with Crippen molar-refractivity contribution in [2.75, 3.05) is 11.5 Å². The summed E-state index contributed by atoms with van der Waals surface area (Å²) in [6.45, 7) is 0.134. The molecular weight excluding hydrogens is 562 g/mol. The van der Waals surface area contributed by atoms with Crippen LogP contribution in [0, 0.1) is 0 Å². The number of aromatic nitrogens is 4. The third kappa shape index (κ3) is 5.36. The molecule has 1 fully saturated rings. The molecule has 0 aliphatic carbocycles. The second-order valence-corrected chi connectivity index (χ2v) is 10.6. The standard InChI is InChI=1S/C23H21N9O6S2/c24-18(33)11-1-3-31(4-2-11)6-12-8-39-21-16(20(35)32(21)17(12)22(36)37)29-19(34)15(14-9-40-23(25)28-14)30-38-7-13-5-26-10-27-13/h1-5,9-10,16,21H,6-8H2,(H6-,24,25,26,27,28,29,33,34,36,37)/t16-,21-/m1/s1. The minimum Gasteiger partial charge on any atom is -0.543 e. The first kappa shape index (κ1) is 26.8. The Morgan fingerprint density at radius 1 is 1.32 bits per heavy atom. The number of nitrogens with one attached hydrogen (secondary N) is 2. The van der Waals surface area contributed by atoms with Gasteiger partial charge in [0.2, 0.25) is 5.91 Å². The predicted molar refractivity (Wildman–Crippen MR) is 139 cm³/mol. The average molecular weight is 584 g/mol. The Labute approximate surface area is 233 Å². The van der Waals surface area contributed by atoms with Gasteiger partial charge in [0.05, 0.1) is 35.4 Å². The van der Waals surface area contributed by atoms with Crippen LogP contribution in [0.15, 0.2) is 58.9 Å². The van der Waals surface area contributed by atoms with E-state index in [1.165, 1.54) is 41.8 Å². The molecule has 1 saturated heterocycles. The summed E-state index contributed by atoms with van der Waals surface area (Å²) >= 11 is 2.39. The van der Waals surface area contributed by atoms with Crippen LogP contribution in [-0.4, -0.2) is 66.4 Å². The minimum atomic E-state index is -1.51. The molecule has 3 amide bonds. The number of β-lactam (4-membered cyclic amide) rings is 1. The van der Waals surface area contributed by atoms with Crippen molar-refractivity contribution in [2.45, 2.75) is 24.6 Å². The molecule has 5 heterocycles. The predicted octanol–water partition coefficient (Wildman–Crippen LogP) is -2.14. The Morgan fingerprint density at radius 3 is 2.73 bits per heavy atom. The first-order valence-electron chi connectivity index (χ1n) is 11.6. The van der Waals surface area contributed by atoms with Gasteiger partial charge >= 0.3 is 0 Å². The van der Waals surface area contributed by atoms with Gasteiger partial charge in [0.25, 0.3) is 11.8 Å². The fourth-order valence-corrected chi connectivity index (χ4v) is 5.96. The number of carboxylic acids is 1. The summed E-state index contributed by atoms with van der Waals surface area (Å²) in [5.41, 5.74) is 12.0. The summed E-state index contributed by atoms with van der Waals surface area (Å²) in [6.07, 6.45) is 6.16. The molecule has 17 heteroatoms. The molecule has 40 heavy (non-hydrogen) atoms. The van der Waals surface area contributed by atoms with Crippen LogP contribution in [0.4, 0.5) is 5.13 Å². The molecule has 0 spiro atoms. The largest absolute Gasteiger partial charge is 0.543 e. The number of hydrogen-bond donors (Lipinski definition) is 4. The van der Waals surface area contributed by atoms with E-state index in [9.17, 15) is 24.3 Å². The number of carbonyl (C=O) groups is 4. The third-order valence-corrected chi connectivity index (χ3v) is 8.00. The Morgan fingerprint density at radius 2 is 2.10 bits per heavy atom. The Balaban J connectivity index is 1.32. The van der Waals surface area contributed by atoms with Crippen LogP contribution < -0.4 is 26.5 Å². The van der Waals surface area contributed by atoms with Crippen molar-refractivity contribution in [3.8, 4) is 0 Å². The number of nitrogens with zero attached hydrogens (tertiary/aromatic N) is 5. The smallest absolute Gasteiger partial charge is 0.276 e. The number of oxime groups is 1. The monoisotopic (exact) mass is 583 g/mol. The van der Waals surface area contributed by atoms with E-state index in [2.05, 4.69) is 25.4 Å². The number of anilines is 1. The number of carbonyl (C=O) groups excluding carboxylic acids is 4. The second-order valence-electron chi connectivity index (χ2n) is 8.59. The molecule has 5 rings (SSSR count). The van der Waals surface area contributed by atoms with Gasteiger partial charge in [0.1, 0.15) is 17.1 Å². The fourth-order valence-electron chi connectivity index (χ4n) is 4.08. The molecule has 0 aromatic carbocycles. The molecule has 2 aliphatic rings. The lowest BCUT2D eigenvalue weighted by Crippen LogP contribution is -2.71. The zero-order chi connectivity index (χ0) is 28.4. The highest BCUT2D eigenvalue weighted by molar-refractivity contribution is 8.00. The van der Waals surface area contributed by atoms with Crippen molar-refractivity contribution in [2.24, 2.45) is 10.9 Å². The number of nitrogen functional groups attached to an aromatic ring is 1. The maximum atomic E-state index is 13.2. The van der Waals surface area contributed by atoms with Crippen molar-refractivity contribution >= 4 is 57.6 Å². The average Bonchev–Trinajstić information content (AvgIpc) is 3.61. The van der Waals surface area contributed by atoms with Gasteiger partial charge in [-0.15, -0.1) is 23.1 Å².